The van der Waals surface area contributed by atoms with Crippen LogP contribution in [0.4, 0.5) is 4.79 Å². The number of hydrogen-bond donors (Lipinski definition) is 0. The zero-order valence-electron chi connectivity index (χ0n) is 13.7. The van der Waals surface area contributed by atoms with E-state index in [0.29, 0.717) is 10.5 Å². The predicted octanol–water partition coefficient (Wildman–Crippen LogP) is 4.09. The van der Waals surface area contributed by atoms with E-state index in [-0.39, 0.29) is 22.6 Å². The monoisotopic (exact) mass is 451 g/mol. The van der Waals surface area contributed by atoms with Gasteiger partial charge in [-0.15, -0.1) is 0 Å². The molecule has 1 heterocycles. The zero-order valence-corrected chi connectivity index (χ0v) is 16.9. The van der Waals surface area contributed by atoms with Gasteiger partial charge in [0.15, 0.2) is 9.84 Å². The minimum Gasteiger partial charge on any atom is -0.268 e. The molecule has 0 aliphatic carbocycles. The van der Waals surface area contributed by atoms with Crippen molar-refractivity contribution in [1.82, 2.24) is 4.90 Å². The standard InChI is InChI=1S/C18H14BrNO4S2/c1-26(23,24)15-7-5-12(6-8-15)10-16-17(21)20(18(22)25-16)11-13-3-2-4-14(19)9-13/h2-10H,11H2,1H3. The Hall–Kier alpha value is -1.90. The minimum atomic E-state index is -3.27. The summed E-state index contributed by atoms with van der Waals surface area (Å²) in [5, 5.41) is -0.325. The highest BCUT2D eigenvalue weighted by molar-refractivity contribution is 9.10. The number of amides is 2. The van der Waals surface area contributed by atoms with Crippen molar-refractivity contribution in [3.63, 3.8) is 0 Å². The summed E-state index contributed by atoms with van der Waals surface area (Å²) >= 11 is 4.25. The average Bonchev–Trinajstić information content (AvgIpc) is 2.82. The fourth-order valence-corrected chi connectivity index (χ4v) is 4.33. The molecule has 3 rings (SSSR count). The SMILES string of the molecule is CS(=O)(=O)c1ccc(C=C2SC(=O)N(Cc3cccc(Br)c3)C2=O)cc1. The van der Waals surface area contributed by atoms with Crippen LogP contribution in [0.25, 0.3) is 6.08 Å². The number of sulfone groups is 1. The van der Waals surface area contributed by atoms with E-state index in [2.05, 4.69) is 15.9 Å². The van der Waals surface area contributed by atoms with Crippen LogP contribution in [0.5, 0.6) is 0 Å². The van der Waals surface area contributed by atoms with Gasteiger partial charge in [-0.1, -0.05) is 40.2 Å². The van der Waals surface area contributed by atoms with Crippen LogP contribution in [0, 0.1) is 0 Å². The molecule has 1 saturated heterocycles. The molecule has 2 aromatic rings. The molecule has 0 saturated carbocycles. The molecule has 134 valence electrons. The van der Waals surface area contributed by atoms with Crippen molar-refractivity contribution in [2.75, 3.05) is 6.26 Å². The molecular weight excluding hydrogens is 438 g/mol. The largest absolute Gasteiger partial charge is 0.293 e. The zero-order chi connectivity index (χ0) is 18.9. The third kappa shape index (κ3) is 4.25. The van der Waals surface area contributed by atoms with Gasteiger partial charge in [0.25, 0.3) is 11.1 Å². The van der Waals surface area contributed by atoms with Crippen molar-refractivity contribution >= 4 is 54.8 Å². The van der Waals surface area contributed by atoms with E-state index in [1.807, 2.05) is 24.3 Å². The number of halogens is 1. The van der Waals surface area contributed by atoms with Gasteiger partial charge in [-0.25, -0.2) is 8.42 Å². The molecule has 2 amide bonds. The molecule has 1 aliphatic heterocycles. The lowest BCUT2D eigenvalue weighted by Crippen LogP contribution is -2.27. The van der Waals surface area contributed by atoms with Gasteiger partial charge in [0, 0.05) is 10.7 Å². The van der Waals surface area contributed by atoms with Crippen molar-refractivity contribution in [2.45, 2.75) is 11.4 Å². The van der Waals surface area contributed by atoms with Gasteiger partial charge in [-0.3, -0.25) is 14.5 Å². The first kappa shape index (κ1) is 18.9. The number of nitrogens with zero attached hydrogens (tertiary/aromatic N) is 1. The second-order valence-electron chi connectivity index (χ2n) is 5.74. The third-order valence-corrected chi connectivity index (χ3v) is 6.24. The highest BCUT2D eigenvalue weighted by Gasteiger charge is 2.34. The summed E-state index contributed by atoms with van der Waals surface area (Å²) in [6.45, 7) is 0.203. The van der Waals surface area contributed by atoms with E-state index in [9.17, 15) is 18.0 Å². The van der Waals surface area contributed by atoms with Crippen LogP contribution in [-0.2, 0) is 21.2 Å². The summed E-state index contributed by atoms with van der Waals surface area (Å²) in [6.07, 6.45) is 2.73. The summed E-state index contributed by atoms with van der Waals surface area (Å²) in [7, 11) is -3.27. The first-order chi connectivity index (χ1) is 12.2. The maximum atomic E-state index is 12.5. The van der Waals surface area contributed by atoms with E-state index >= 15 is 0 Å². The van der Waals surface area contributed by atoms with Crippen LogP contribution in [0.15, 0.2) is 62.8 Å². The molecule has 1 aliphatic rings. The molecule has 26 heavy (non-hydrogen) atoms. The smallest absolute Gasteiger partial charge is 0.268 e. The number of benzene rings is 2. The van der Waals surface area contributed by atoms with E-state index in [0.717, 1.165) is 28.1 Å². The topological polar surface area (TPSA) is 71.5 Å². The highest BCUT2D eigenvalue weighted by atomic mass is 79.9. The quantitative estimate of drug-likeness (QED) is 0.654. The Bertz CT molecular complexity index is 1010. The van der Waals surface area contributed by atoms with Crippen LogP contribution >= 0.6 is 27.7 Å². The van der Waals surface area contributed by atoms with Gasteiger partial charge < -0.3 is 0 Å². The van der Waals surface area contributed by atoms with Crippen molar-refractivity contribution in [3.8, 4) is 0 Å². The van der Waals surface area contributed by atoms with E-state index in [4.69, 9.17) is 0 Å². The van der Waals surface area contributed by atoms with Gasteiger partial charge in [-0.2, -0.15) is 0 Å². The first-order valence-corrected chi connectivity index (χ1v) is 11.0. The normalized spacial score (nSPS) is 16.5. The van der Waals surface area contributed by atoms with Crippen molar-refractivity contribution < 1.29 is 18.0 Å². The Morgan fingerprint density at radius 3 is 2.42 bits per heavy atom. The van der Waals surface area contributed by atoms with E-state index in [1.54, 1.807) is 18.2 Å². The maximum Gasteiger partial charge on any atom is 0.293 e. The fourth-order valence-electron chi connectivity index (χ4n) is 2.42. The summed E-state index contributed by atoms with van der Waals surface area (Å²) in [5.41, 5.74) is 1.51. The maximum absolute atomic E-state index is 12.5. The first-order valence-electron chi connectivity index (χ1n) is 7.54. The number of carbonyl (C=O) groups excluding carboxylic acids is 2. The molecule has 5 nitrogen and oxygen atoms in total. The molecule has 2 aromatic carbocycles. The molecular formula is C18H14BrNO4S2. The van der Waals surface area contributed by atoms with Crippen LogP contribution in [0.2, 0.25) is 0 Å². The number of hydrogen-bond acceptors (Lipinski definition) is 5. The summed E-state index contributed by atoms with van der Waals surface area (Å²) in [4.78, 5) is 26.5. The van der Waals surface area contributed by atoms with Crippen LogP contribution in [-0.4, -0.2) is 30.7 Å². The highest BCUT2D eigenvalue weighted by Crippen LogP contribution is 2.33. The molecule has 0 N–H and O–H groups in total. The number of rotatable bonds is 4. The van der Waals surface area contributed by atoms with Crippen LogP contribution in [0.1, 0.15) is 11.1 Å². The molecule has 0 bridgehead atoms. The summed E-state index contributed by atoms with van der Waals surface area (Å²) in [5.74, 6) is -0.354. The average molecular weight is 452 g/mol. The Morgan fingerprint density at radius 1 is 1.12 bits per heavy atom. The number of imide groups is 1. The lowest BCUT2D eigenvalue weighted by Gasteiger charge is -2.12. The lowest BCUT2D eigenvalue weighted by molar-refractivity contribution is -0.123. The molecule has 0 unspecified atom stereocenters. The van der Waals surface area contributed by atoms with Gasteiger partial charge in [0.05, 0.1) is 16.3 Å². The number of carbonyl (C=O) groups is 2. The van der Waals surface area contributed by atoms with Gasteiger partial charge in [0.1, 0.15) is 0 Å². The van der Waals surface area contributed by atoms with Gasteiger partial charge in [0.2, 0.25) is 0 Å². The third-order valence-electron chi connectivity index (χ3n) is 3.71. The second kappa shape index (κ2) is 7.38. The second-order valence-corrected chi connectivity index (χ2v) is 9.66. The Kier molecular flexibility index (Phi) is 5.36. The number of thioether (sulfide) groups is 1. The molecule has 8 heteroatoms. The molecule has 0 spiro atoms. The fraction of sp³-hybridized carbons (Fsp3) is 0.111. The van der Waals surface area contributed by atoms with Crippen molar-refractivity contribution in [3.05, 3.63) is 69.0 Å². The Balaban J connectivity index is 1.81. The molecule has 0 radical (unpaired) electrons. The molecule has 0 aromatic heterocycles. The van der Waals surface area contributed by atoms with Crippen LogP contribution in [0.3, 0.4) is 0 Å². The van der Waals surface area contributed by atoms with E-state index < -0.39 is 9.84 Å². The van der Waals surface area contributed by atoms with Gasteiger partial charge in [-0.05, 0) is 53.2 Å². The molecule has 0 atom stereocenters. The van der Waals surface area contributed by atoms with Crippen molar-refractivity contribution in [1.29, 1.82) is 0 Å². The van der Waals surface area contributed by atoms with Crippen LogP contribution < -0.4 is 0 Å². The molecule has 1 fully saturated rings. The Labute approximate surface area is 164 Å². The Morgan fingerprint density at radius 2 is 1.81 bits per heavy atom. The summed E-state index contributed by atoms with van der Waals surface area (Å²) < 4.78 is 23.9. The summed E-state index contributed by atoms with van der Waals surface area (Å²) in [6, 6.07) is 13.6. The lowest BCUT2D eigenvalue weighted by atomic mass is 10.2. The van der Waals surface area contributed by atoms with Gasteiger partial charge >= 0.3 is 0 Å². The van der Waals surface area contributed by atoms with E-state index in [1.165, 1.54) is 17.0 Å². The van der Waals surface area contributed by atoms with Crippen molar-refractivity contribution in [2.24, 2.45) is 0 Å². The minimum absolute atomic E-state index is 0.203. The predicted molar refractivity (Wildman–Crippen MR) is 105 cm³/mol.